The van der Waals surface area contributed by atoms with Crippen molar-refractivity contribution >= 4 is 23.4 Å². The fourth-order valence-corrected chi connectivity index (χ4v) is 4.72. The van der Waals surface area contributed by atoms with Crippen LogP contribution in [0.5, 0.6) is 0 Å². The number of para-hydroxylation sites is 1. The molecule has 2 heterocycles. The third kappa shape index (κ3) is 8.59. The van der Waals surface area contributed by atoms with Crippen molar-refractivity contribution < 1.29 is 19.1 Å². The fourth-order valence-electron chi connectivity index (χ4n) is 4.72. The fraction of sp³-hybridized carbons (Fsp3) is 0.654. The zero-order chi connectivity index (χ0) is 25.0. The summed E-state index contributed by atoms with van der Waals surface area (Å²) >= 11 is 0. The lowest BCUT2D eigenvalue weighted by Crippen LogP contribution is -2.53. The Balaban J connectivity index is 1.32. The number of nitrogens with zero attached hydrogens (tertiary/aromatic N) is 3. The predicted octanol–water partition coefficient (Wildman–Crippen LogP) is 1.20. The lowest BCUT2D eigenvalue weighted by Gasteiger charge is -2.36. The maximum Gasteiger partial charge on any atom is 0.238 e. The minimum atomic E-state index is -0.0173. The largest absolute Gasteiger partial charge is 0.385 e. The van der Waals surface area contributed by atoms with E-state index in [0.29, 0.717) is 52.4 Å². The van der Waals surface area contributed by atoms with Gasteiger partial charge >= 0.3 is 0 Å². The van der Waals surface area contributed by atoms with Crippen molar-refractivity contribution in [2.24, 2.45) is 5.92 Å². The van der Waals surface area contributed by atoms with Crippen LogP contribution in [0.25, 0.3) is 0 Å². The molecule has 0 spiro atoms. The summed E-state index contributed by atoms with van der Waals surface area (Å²) in [6.07, 6.45) is 3.26. The second kappa shape index (κ2) is 14.2. The first-order valence-electron chi connectivity index (χ1n) is 12.9. The molecular weight excluding hydrogens is 446 g/mol. The van der Waals surface area contributed by atoms with Crippen LogP contribution < -0.4 is 10.6 Å². The number of aryl methyl sites for hydroxylation is 1. The van der Waals surface area contributed by atoms with Gasteiger partial charge in [-0.05, 0) is 50.4 Å². The summed E-state index contributed by atoms with van der Waals surface area (Å²) < 4.78 is 5.01. The second-order valence-corrected chi connectivity index (χ2v) is 9.40. The molecule has 3 rings (SSSR count). The van der Waals surface area contributed by atoms with E-state index in [9.17, 15) is 14.4 Å². The van der Waals surface area contributed by atoms with Crippen LogP contribution >= 0.6 is 0 Å². The maximum absolute atomic E-state index is 12.8. The summed E-state index contributed by atoms with van der Waals surface area (Å²) in [5, 5.41) is 6.01. The first-order chi connectivity index (χ1) is 17.0. The molecule has 2 saturated heterocycles. The van der Waals surface area contributed by atoms with Crippen molar-refractivity contribution in [3.8, 4) is 0 Å². The van der Waals surface area contributed by atoms with Crippen molar-refractivity contribution in [1.29, 1.82) is 0 Å². The van der Waals surface area contributed by atoms with Crippen LogP contribution in [0.3, 0.4) is 0 Å². The van der Waals surface area contributed by atoms with E-state index in [1.165, 1.54) is 0 Å². The molecule has 194 valence electrons. The molecule has 2 N–H and O–H groups in total. The summed E-state index contributed by atoms with van der Waals surface area (Å²) in [5.41, 5.74) is 2.00. The Kier molecular flexibility index (Phi) is 11.0. The Morgan fingerprint density at radius 3 is 2.34 bits per heavy atom. The molecule has 2 aliphatic heterocycles. The van der Waals surface area contributed by atoms with Gasteiger partial charge in [0.05, 0.1) is 13.1 Å². The number of nitrogens with one attached hydrogen (secondary N) is 2. The van der Waals surface area contributed by atoms with Crippen molar-refractivity contribution in [2.75, 3.05) is 77.9 Å². The number of carbonyl (C=O) groups excluding carboxylic acids is 3. The predicted molar refractivity (Wildman–Crippen MR) is 136 cm³/mol. The zero-order valence-electron chi connectivity index (χ0n) is 21.3. The molecule has 0 unspecified atom stereocenters. The molecule has 0 aliphatic carbocycles. The molecule has 35 heavy (non-hydrogen) atoms. The number of hydrogen-bond acceptors (Lipinski definition) is 6. The average molecular weight is 488 g/mol. The molecule has 9 heteroatoms. The second-order valence-electron chi connectivity index (χ2n) is 9.40. The number of carbonyl (C=O) groups is 3. The van der Waals surface area contributed by atoms with Gasteiger partial charge in [-0.2, -0.15) is 0 Å². The minimum Gasteiger partial charge on any atom is -0.385 e. The van der Waals surface area contributed by atoms with E-state index in [0.717, 1.165) is 50.0 Å². The average Bonchev–Trinajstić information content (AvgIpc) is 2.87. The van der Waals surface area contributed by atoms with Crippen LogP contribution in [0.15, 0.2) is 24.3 Å². The van der Waals surface area contributed by atoms with Crippen molar-refractivity contribution in [1.82, 2.24) is 20.0 Å². The van der Waals surface area contributed by atoms with Crippen LogP contribution in [-0.2, 0) is 25.5 Å². The third-order valence-electron chi connectivity index (χ3n) is 6.91. The Hall–Kier alpha value is -2.49. The minimum absolute atomic E-state index is 0.0173. The summed E-state index contributed by atoms with van der Waals surface area (Å²) in [5.74, 6) is 0.262. The molecule has 2 aliphatic rings. The van der Waals surface area contributed by atoms with E-state index >= 15 is 0 Å². The maximum atomic E-state index is 12.8. The van der Waals surface area contributed by atoms with E-state index < -0.39 is 0 Å². The highest BCUT2D eigenvalue weighted by Gasteiger charge is 2.28. The number of benzene rings is 1. The van der Waals surface area contributed by atoms with Crippen LogP contribution in [-0.4, -0.2) is 105 Å². The van der Waals surface area contributed by atoms with Gasteiger partial charge < -0.3 is 20.3 Å². The molecule has 0 atom stereocenters. The third-order valence-corrected chi connectivity index (χ3v) is 6.91. The van der Waals surface area contributed by atoms with Crippen molar-refractivity contribution in [3.05, 3.63) is 29.8 Å². The lowest BCUT2D eigenvalue weighted by molar-refractivity contribution is -0.134. The smallest absolute Gasteiger partial charge is 0.238 e. The molecule has 0 bridgehead atoms. The quantitative estimate of drug-likeness (QED) is 0.456. The van der Waals surface area contributed by atoms with Gasteiger partial charge in [-0.1, -0.05) is 25.1 Å². The number of rotatable bonds is 11. The SMILES string of the molecule is CCc1ccccc1NC(=O)CN1CCN(C(=O)CN2CCC(C(=O)NCCCOC)CC2)CC1. The van der Waals surface area contributed by atoms with Gasteiger partial charge in [0.1, 0.15) is 0 Å². The van der Waals surface area contributed by atoms with Gasteiger partial charge in [-0.25, -0.2) is 0 Å². The summed E-state index contributed by atoms with van der Waals surface area (Å²) in [6.45, 7) is 8.29. The molecule has 9 nitrogen and oxygen atoms in total. The number of likely N-dealkylation sites (tertiary alicyclic amines) is 1. The zero-order valence-corrected chi connectivity index (χ0v) is 21.3. The van der Waals surface area contributed by atoms with Crippen LogP contribution in [0.2, 0.25) is 0 Å². The molecular formula is C26H41N5O4. The lowest BCUT2D eigenvalue weighted by atomic mass is 9.96. The van der Waals surface area contributed by atoms with Crippen LogP contribution in [0, 0.1) is 5.92 Å². The van der Waals surface area contributed by atoms with Gasteiger partial charge in [0.2, 0.25) is 17.7 Å². The number of methoxy groups -OCH3 is 1. The van der Waals surface area contributed by atoms with Gasteiger partial charge in [0, 0.05) is 58.0 Å². The van der Waals surface area contributed by atoms with Crippen molar-refractivity contribution in [3.63, 3.8) is 0 Å². The van der Waals surface area contributed by atoms with E-state index in [4.69, 9.17) is 4.74 Å². The first kappa shape index (κ1) is 27.1. The number of anilines is 1. The molecule has 2 fully saturated rings. The molecule has 0 radical (unpaired) electrons. The van der Waals surface area contributed by atoms with E-state index in [1.807, 2.05) is 29.2 Å². The summed E-state index contributed by atoms with van der Waals surface area (Å²) in [7, 11) is 1.66. The standard InChI is InChI=1S/C26H41N5O4/c1-3-21-7-4-5-8-23(21)28-24(32)19-30-14-16-31(17-15-30)25(33)20-29-12-9-22(10-13-29)26(34)27-11-6-18-35-2/h4-5,7-8,22H,3,6,9-20H2,1-2H3,(H,27,34)(H,28,32). The Labute approximate surface area is 209 Å². The molecule has 0 saturated carbocycles. The molecule has 0 aromatic heterocycles. The summed E-state index contributed by atoms with van der Waals surface area (Å²) in [4.78, 5) is 43.8. The topological polar surface area (TPSA) is 94.2 Å². The highest BCUT2D eigenvalue weighted by atomic mass is 16.5. The van der Waals surface area contributed by atoms with E-state index in [-0.39, 0.29) is 23.6 Å². The highest BCUT2D eigenvalue weighted by Crippen LogP contribution is 2.18. The number of piperidine rings is 1. The number of ether oxygens (including phenoxy) is 1. The molecule has 1 aromatic rings. The number of amides is 3. The van der Waals surface area contributed by atoms with Gasteiger partial charge in [-0.3, -0.25) is 24.2 Å². The Morgan fingerprint density at radius 1 is 0.971 bits per heavy atom. The van der Waals surface area contributed by atoms with Crippen molar-refractivity contribution in [2.45, 2.75) is 32.6 Å². The van der Waals surface area contributed by atoms with E-state index in [1.54, 1.807) is 7.11 Å². The number of piperazine rings is 1. The van der Waals surface area contributed by atoms with Crippen LogP contribution in [0.1, 0.15) is 31.7 Å². The Morgan fingerprint density at radius 2 is 1.66 bits per heavy atom. The van der Waals surface area contributed by atoms with Gasteiger partial charge in [0.25, 0.3) is 0 Å². The van der Waals surface area contributed by atoms with Gasteiger partial charge in [-0.15, -0.1) is 0 Å². The normalized spacial score (nSPS) is 17.8. The first-order valence-corrected chi connectivity index (χ1v) is 12.9. The molecule has 1 aromatic carbocycles. The Bertz CT molecular complexity index is 833. The number of hydrogen-bond donors (Lipinski definition) is 2. The summed E-state index contributed by atoms with van der Waals surface area (Å²) in [6, 6.07) is 7.88. The monoisotopic (exact) mass is 487 g/mol. The molecule has 3 amide bonds. The van der Waals surface area contributed by atoms with E-state index in [2.05, 4.69) is 27.4 Å². The van der Waals surface area contributed by atoms with Gasteiger partial charge in [0.15, 0.2) is 0 Å². The highest BCUT2D eigenvalue weighted by molar-refractivity contribution is 5.93. The van der Waals surface area contributed by atoms with Crippen LogP contribution in [0.4, 0.5) is 5.69 Å².